The molecule has 1 aromatic carbocycles. The predicted octanol–water partition coefficient (Wildman–Crippen LogP) is 4.27. The van der Waals surface area contributed by atoms with Gasteiger partial charge in [-0.15, -0.1) is 0 Å². The Bertz CT molecular complexity index is 1000. The molecular formula is C19H18ClF3N2O3S. The van der Waals surface area contributed by atoms with Crippen LogP contribution in [0.1, 0.15) is 41.6 Å². The summed E-state index contributed by atoms with van der Waals surface area (Å²) in [5.74, 6) is -0.335. The summed E-state index contributed by atoms with van der Waals surface area (Å²) >= 11 is 5.77. The van der Waals surface area contributed by atoms with Crippen molar-refractivity contribution < 1.29 is 26.4 Å². The number of carbonyl (C=O) groups excluding carboxylic acids is 1. The number of benzene rings is 1. The molecule has 29 heavy (non-hydrogen) atoms. The first-order chi connectivity index (χ1) is 13.6. The Balaban J connectivity index is 1.65. The maximum absolute atomic E-state index is 12.9. The van der Waals surface area contributed by atoms with Crippen LogP contribution in [0.25, 0.3) is 0 Å². The summed E-state index contributed by atoms with van der Waals surface area (Å²) in [5.41, 5.74) is -0.640. The molecule has 0 bridgehead atoms. The minimum Gasteiger partial charge on any atom is -0.349 e. The average Bonchev–Trinajstić information content (AvgIpc) is 2.68. The zero-order valence-corrected chi connectivity index (χ0v) is 16.7. The number of hydrogen-bond donors (Lipinski definition) is 1. The molecule has 5 nitrogen and oxygen atoms in total. The van der Waals surface area contributed by atoms with Gasteiger partial charge in [0.25, 0.3) is 5.91 Å². The molecule has 1 amide bonds. The van der Waals surface area contributed by atoms with Crippen molar-refractivity contribution in [3.05, 3.63) is 58.9 Å². The number of amides is 1. The lowest BCUT2D eigenvalue weighted by Gasteiger charge is -2.29. The highest BCUT2D eigenvalue weighted by Gasteiger charge is 2.35. The van der Waals surface area contributed by atoms with E-state index in [1.54, 1.807) is 0 Å². The Hall–Kier alpha value is -2.13. The first-order valence-corrected chi connectivity index (χ1v) is 10.8. The fraction of sp³-hybridized carbons (Fsp3) is 0.368. The second-order valence-corrected chi connectivity index (χ2v) is 9.50. The lowest BCUT2D eigenvalue weighted by molar-refractivity contribution is -0.137. The SMILES string of the molecule is O=C(NC1CCC(S(=O)(=O)c2cccc(C(F)(F)F)c2)CC1)c1ccnc(Cl)c1. The zero-order valence-electron chi connectivity index (χ0n) is 15.1. The van der Waals surface area contributed by atoms with E-state index in [0.717, 1.165) is 12.1 Å². The number of carbonyl (C=O) groups is 1. The van der Waals surface area contributed by atoms with E-state index in [1.165, 1.54) is 24.4 Å². The summed E-state index contributed by atoms with van der Waals surface area (Å²) < 4.78 is 64.2. The largest absolute Gasteiger partial charge is 0.416 e. The third-order valence-electron chi connectivity index (χ3n) is 4.93. The van der Waals surface area contributed by atoms with Gasteiger partial charge in [0.1, 0.15) is 5.15 Å². The van der Waals surface area contributed by atoms with Gasteiger partial charge in [0.05, 0.1) is 15.7 Å². The van der Waals surface area contributed by atoms with Crippen molar-refractivity contribution in [1.82, 2.24) is 10.3 Å². The molecule has 10 heteroatoms. The zero-order chi connectivity index (χ0) is 21.2. The van der Waals surface area contributed by atoms with Crippen molar-refractivity contribution in [1.29, 1.82) is 0 Å². The number of halogens is 4. The number of nitrogens with zero attached hydrogens (tertiary/aromatic N) is 1. The van der Waals surface area contributed by atoms with Gasteiger partial charge in [-0.05, 0) is 56.0 Å². The van der Waals surface area contributed by atoms with E-state index in [4.69, 9.17) is 11.6 Å². The van der Waals surface area contributed by atoms with Gasteiger partial charge in [-0.3, -0.25) is 4.79 Å². The maximum Gasteiger partial charge on any atom is 0.416 e. The van der Waals surface area contributed by atoms with E-state index < -0.39 is 26.8 Å². The van der Waals surface area contributed by atoms with Crippen LogP contribution in [-0.4, -0.2) is 30.6 Å². The lowest BCUT2D eigenvalue weighted by atomic mass is 9.95. The molecular weight excluding hydrogens is 429 g/mol. The normalized spacial score (nSPS) is 20.3. The smallest absolute Gasteiger partial charge is 0.349 e. The molecule has 1 fully saturated rings. The first-order valence-electron chi connectivity index (χ1n) is 8.91. The van der Waals surface area contributed by atoms with Crippen LogP contribution < -0.4 is 5.32 Å². The van der Waals surface area contributed by atoms with Gasteiger partial charge in [-0.1, -0.05) is 17.7 Å². The van der Waals surface area contributed by atoms with Crippen LogP contribution in [0.2, 0.25) is 5.15 Å². The molecule has 0 spiro atoms. The molecule has 0 aliphatic heterocycles. The predicted molar refractivity (Wildman–Crippen MR) is 101 cm³/mol. The molecule has 1 aromatic heterocycles. The minimum absolute atomic E-state index is 0.188. The van der Waals surface area contributed by atoms with Gasteiger partial charge in [-0.25, -0.2) is 13.4 Å². The summed E-state index contributed by atoms with van der Waals surface area (Å²) in [6.07, 6.45) is -1.87. The molecule has 0 radical (unpaired) electrons. The number of rotatable bonds is 4. The minimum atomic E-state index is -4.61. The van der Waals surface area contributed by atoms with Crippen LogP contribution in [0.5, 0.6) is 0 Å². The number of nitrogens with one attached hydrogen (secondary N) is 1. The monoisotopic (exact) mass is 446 g/mol. The second-order valence-electron chi connectivity index (χ2n) is 6.88. The molecule has 3 rings (SSSR count). The van der Waals surface area contributed by atoms with Crippen molar-refractivity contribution in [2.45, 2.75) is 48.0 Å². The number of alkyl halides is 3. The van der Waals surface area contributed by atoms with Crippen LogP contribution in [0.4, 0.5) is 13.2 Å². The Labute approximate surface area is 171 Å². The van der Waals surface area contributed by atoms with Crippen LogP contribution >= 0.6 is 11.6 Å². The van der Waals surface area contributed by atoms with Gasteiger partial charge in [0.2, 0.25) is 0 Å². The molecule has 0 atom stereocenters. The van der Waals surface area contributed by atoms with E-state index in [9.17, 15) is 26.4 Å². The van der Waals surface area contributed by atoms with Crippen molar-refractivity contribution in [2.24, 2.45) is 0 Å². The molecule has 156 valence electrons. The van der Waals surface area contributed by atoms with Crippen molar-refractivity contribution in [3.63, 3.8) is 0 Å². The molecule has 1 aliphatic rings. The second kappa shape index (κ2) is 8.31. The molecule has 1 N–H and O–H groups in total. The highest BCUT2D eigenvalue weighted by Crippen LogP contribution is 2.33. The van der Waals surface area contributed by atoms with E-state index >= 15 is 0 Å². The molecule has 1 heterocycles. The number of hydrogen-bond acceptors (Lipinski definition) is 4. The molecule has 0 unspecified atom stereocenters. The Morgan fingerprint density at radius 1 is 1.10 bits per heavy atom. The number of aromatic nitrogens is 1. The van der Waals surface area contributed by atoms with E-state index in [-0.39, 0.29) is 34.8 Å². The van der Waals surface area contributed by atoms with Gasteiger partial charge in [0.15, 0.2) is 9.84 Å². The summed E-state index contributed by atoms with van der Waals surface area (Å²) in [6, 6.07) is 6.54. The van der Waals surface area contributed by atoms with E-state index in [2.05, 4.69) is 10.3 Å². The van der Waals surface area contributed by atoms with Crippen molar-refractivity contribution >= 4 is 27.3 Å². The topological polar surface area (TPSA) is 76.1 Å². The van der Waals surface area contributed by atoms with Gasteiger partial charge < -0.3 is 5.32 Å². The van der Waals surface area contributed by atoms with Crippen molar-refractivity contribution in [3.8, 4) is 0 Å². The summed E-state index contributed by atoms with van der Waals surface area (Å²) in [5, 5.41) is 2.24. The quantitative estimate of drug-likeness (QED) is 0.712. The van der Waals surface area contributed by atoms with Gasteiger partial charge in [-0.2, -0.15) is 13.2 Å². The van der Waals surface area contributed by atoms with Gasteiger partial charge >= 0.3 is 6.18 Å². The highest BCUT2D eigenvalue weighted by atomic mass is 35.5. The molecule has 0 saturated heterocycles. The highest BCUT2D eigenvalue weighted by molar-refractivity contribution is 7.92. The number of sulfone groups is 1. The van der Waals surface area contributed by atoms with E-state index in [1.807, 2.05) is 0 Å². The molecule has 1 aliphatic carbocycles. The summed E-state index contributed by atoms with van der Waals surface area (Å²) in [4.78, 5) is 15.8. The molecule has 1 saturated carbocycles. The van der Waals surface area contributed by atoms with Crippen molar-refractivity contribution in [2.75, 3.05) is 0 Å². The standard InChI is InChI=1S/C19H18ClF3N2O3S/c20-17-10-12(8-9-24-17)18(26)25-14-4-6-15(7-5-14)29(27,28)16-3-1-2-13(11-16)19(21,22)23/h1-3,8-11,14-15H,4-7H2,(H,25,26). The average molecular weight is 447 g/mol. The Morgan fingerprint density at radius 2 is 1.79 bits per heavy atom. The fourth-order valence-electron chi connectivity index (χ4n) is 3.37. The number of pyridine rings is 1. The fourth-order valence-corrected chi connectivity index (χ4v) is 5.38. The van der Waals surface area contributed by atoms with Crippen LogP contribution in [0.3, 0.4) is 0 Å². The summed E-state index contributed by atoms with van der Waals surface area (Å²) in [7, 11) is -3.89. The lowest BCUT2D eigenvalue weighted by Crippen LogP contribution is -2.40. The first kappa shape index (κ1) is 21.6. The van der Waals surface area contributed by atoms with Crippen LogP contribution in [-0.2, 0) is 16.0 Å². The summed E-state index contributed by atoms with van der Waals surface area (Å²) in [6.45, 7) is 0. The molecule has 2 aromatic rings. The Morgan fingerprint density at radius 3 is 2.41 bits per heavy atom. The van der Waals surface area contributed by atoms with Gasteiger partial charge in [0, 0.05) is 17.8 Å². The third kappa shape index (κ3) is 5.08. The Kier molecular flexibility index (Phi) is 6.19. The van der Waals surface area contributed by atoms with Crippen LogP contribution in [0.15, 0.2) is 47.5 Å². The maximum atomic E-state index is 12.9. The van der Waals surface area contributed by atoms with E-state index in [0.29, 0.717) is 24.5 Å². The third-order valence-corrected chi connectivity index (χ3v) is 7.39. The van der Waals surface area contributed by atoms with Crippen LogP contribution in [0, 0.1) is 0 Å².